The zero-order valence-electron chi connectivity index (χ0n) is 14.2. The molecule has 0 bridgehead atoms. The first-order chi connectivity index (χ1) is 11.6. The van der Waals surface area contributed by atoms with Crippen molar-refractivity contribution in [1.82, 2.24) is 9.88 Å². The molecule has 0 aliphatic carbocycles. The summed E-state index contributed by atoms with van der Waals surface area (Å²) in [5, 5.41) is 6.01. The van der Waals surface area contributed by atoms with Gasteiger partial charge < -0.3 is 20.3 Å². The van der Waals surface area contributed by atoms with E-state index < -0.39 is 0 Å². The zero-order valence-corrected chi connectivity index (χ0v) is 14.2. The maximum Gasteiger partial charge on any atom is 0.262 e. The zero-order chi connectivity index (χ0) is 17.2. The Labute approximate surface area is 142 Å². The summed E-state index contributed by atoms with van der Waals surface area (Å²) in [5.74, 6) is 1.25. The summed E-state index contributed by atoms with van der Waals surface area (Å²) in [5.41, 5.74) is 0.649. The standard InChI is InChI=1S/C18H24N4O2/c1-22(2)12-6-11-19-17-10-9-15(13-20-17)21-18(23)14-24-16-7-4-3-5-8-16/h3-5,7-10,13H,6,11-12,14H2,1-2H3,(H,19,20)(H,21,23). The second-order valence-electron chi connectivity index (χ2n) is 5.67. The Morgan fingerprint density at radius 2 is 1.96 bits per heavy atom. The van der Waals surface area contributed by atoms with Gasteiger partial charge in [0.25, 0.3) is 5.91 Å². The predicted octanol–water partition coefficient (Wildman–Crippen LogP) is 2.46. The van der Waals surface area contributed by atoms with E-state index in [9.17, 15) is 4.79 Å². The van der Waals surface area contributed by atoms with Gasteiger partial charge in [-0.25, -0.2) is 4.98 Å². The molecular weight excluding hydrogens is 304 g/mol. The summed E-state index contributed by atoms with van der Waals surface area (Å²) < 4.78 is 5.40. The fraction of sp³-hybridized carbons (Fsp3) is 0.333. The van der Waals surface area contributed by atoms with Gasteiger partial charge in [-0.2, -0.15) is 0 Å². The Morgan fingerprint density at radius 1 is 1.17 bits per heavy atom. The molecule has 0 aliphatic heterocycles. The smallest absolute Gasteiger partial charge is 0.262 e. The van der Waals surface area contributed by atoms with E-state index in [4.69, 9.17) is 4.74 Å². The molecule has 0 saturated carbocycles. The molecule has 0 spiro atoms. The van der Waals surface area contributed by atoms with Gasteiger partial charge in [0.1, 0.15) is 11.6 Å². The second kappa shape index (κ2) is 9.52. The van der Waals surface area contributed by atoms with Crippen LogP contribution in [-0.4, -0.2) is 49.6 Å². The lowest BCUT2D eigenvalue weighted by Crippen LogP contribution is -2.20. The molecular formula is C18H24N4O2. The Morgan fingerprint density at radius 3 is 2.62 bits per heavy atom. The predicted molar refractivity (Wildman–Crippen MR) is 96.5 cm³/mol. The second-order valence-corrected chi connectivity index (χ2v) is 5.67. The molecule has 0 atom stereocenters. The van der Waals surface area contributed by atoms with Crippen molar-refractivity contribution in [3.05, 3.63) is 48.7 Å². The van der Waals surface area contributed by atoms with Crippen LogP contribution < -0.4 is 15.4 Å². The highest BCUT2D eigenvalue weighted by atomic mass is 16.5. The highest BCUT2D eigenvalue weighted by Crippen LogP contribution is 2.11. The van der Waals surface area contributed by atoms with Crippen LogP contribution in [0.1, 0.15) is 6.42 Å². The van der Waals surface area contributed by atoms with Crippen molar-refractivity contribution in [3.8, 4) is 5.75 Å². The number of rotatable bonds is 9. The van der Waals surface area contributed by atoms with E-state index in [0.29, 0.717) is 11.4 Å². The number of nitrogens with one attached hydrogen (secondary N) is 2. The van der Waals surface area contributed by atoms with Gasteiger partial charge in [0.2, 0.25) is 0 Å². The van der Waals surface area contributed by atoms with Crippen LogP contribution in [0.25, 0.3) is 0 Å². The molecule has 2 N–H and O–H groups in total. The van der Waals surface area contributed by atoms with Crippen molar-refractivity contribution in [3.63, 3.8) is 0 Å². The first kappa shape index (κ1) is 17.7. The number of hydrogen-bond donors (Lipinski definition) is 2. The van der Waals surface area contributed by atoms with E-state index in [0.717, 1.165) is 25.3 Å². The van der Waals surface area contributed by atoms with Gasteiger partial charge in [-0.1, -0.05) is 18.2 Å². The largest absolute Gasteiger partial charge is 0.484 e. The van der Waals surface area contributed by atoms with Gasteiger partial charge in [0.05, 0.1) is 11.9 Å². The van der Waals surface area contributed by atoms with E-state index in [1.807, 2.05) is 42.5 Å². The third-order valence-corrected chi connectivity index (χ3v) is 3.25. The molecule has 1 aromatic heterocycles. The number of carbonyl (C=O) groups excluding carboxylic acids is 1. The Kier molecular flexibility index (Phi) is 7.04. The normalized spacial score (nSPS) is 10.5. The van der Waals surface area contributed by atoms with E-state index in [-0.39, 0.29) is 12.5 Å². The van der Waals surface area contributed by atoms with Crippen LogP contribution in [0.15, 0.2) is 48.7 Å². The van der Waals surface area contributed by atoms with Crippen LogP contribution in [0.3, 0.4) is 0 Å². The highest BCUT2D eigenvalue weighted by Gasteiger charge is 2.04. The summed E-state index contributed by atoms with van der Waals surface area (Å²) in [6.07, 6.45) is 2.68. The van der Waals surface area contributed by atoms with Gasteiger partial charge in [-0.15, -0.1) is 0 Å². The van der Waals surface area contributed by atoms with Crippen LogP contribution in [-0.2, 0) is 4.79 Å². The van der Waals surface area contributed by atoms with Crippen molar-refractivity contribution in [1.29, 1.82) is 0 Å². The van der Waals surface area contributed by atoms with Gasteiger partial charge in [0.15, 0.2) is 6.61 Å². The number of para-hydroxylation sites is 1. The Balaban J connectivity index is 1.71. The van der Waals surface area contributed by atoms with Crippen molar-refractivity contribution in [2.75, 3.05) is 44.4 Å². The van der Waals surface area contributed by atoms with Crippen LogP contribution in [0, 0.1) is 0 Å². The number of anilines is 2. The first-order valence-electron chi connectivity index (χ1n) is 7.96. The van der Waals surface area contributed by atoms with E-state index in [2.05, 4.69) is 34.6 Å². The Bertz CT molecular complexity index is 615. The maximum absolute atomic E-state index is 11.9. The van der Waals surface area contributed by atoms with Crippen LogP contribution in [0.5, 0.6) is 5.75 Å². The molecule has 1 heterocycles. The number of benzene rings is 1. The van der Waals surface area contributed by atoms with Gasteiger partial charge in [-0.05, 0) is 51.3 Å². The molecule has 24 heavy (non-hydrogen) atoms. The number of carbonyl (C=O) groups is 1. The number of ether oxygens (including phenoxy) is 1. The summed E-state index contributed by atoms with van der Waals surface area (Å²) >= 11 is 0. The fourth-order valence-corrected chi connectivity index (χ4v) is 2.05. The minimum atomic E-state index is -0.215. The molecule has 2 aromatic rings. The molecule has 128 valence electrons. The number of aromatic nitrogens is 1. The van der Waals surface area contributed by atoms with Gasteiger partial charge in [-0.3, -0.25) is 4.79 Å². The van der Waals surface area contributed by atoms with Crippen LogP contribution >= 0.6 is 0 Å². The van der Waals surface area contributed by atoms with Crippen molar-refractivity contribution < 1.29 is 9.53 Å². The average Bonchev–Trinajstić information content (AvgIpc) is 2.59. The summed E-state index contributed by atoms with van der Waals surface area (Å²) in [6, 6.07) is 12.9. The lowest BCUT2D eigenvalue weighted by atomic mass is 10.3. The molecule has 0 fully saturated rings. The molecule has 0 unspecified atom stereocenters. The van der Waals surface area contributed by atoms with Crippen molar-refractivity contribution >= 4 is 17.4 Å². The fourth-order valence-electron chi connectivity index (χ4n) is 2.05. The summed E-state index contributed by atoms with van der Waals surface area (Å²) in [6.45, 7) is 1.86. The van der Waals surface area contributed by atoms with Gasteiger partial charge in [0, 0.05) is 6.54 Å². The monoisotopic (exact) mass is 328 g/mol. The van der Waals surface area contributed by atoms with Crippen molar-refractivity contribution in [2.45, 2.75) is 6.42 Å². The minimum absolute atomic E-state index is 0.0332. The first-order valence-corrected chi connectivity index (χ1v) is 7.96. The topological polar surface area (TPSA) is 66.5 Å². The lowest BCUT2D eigenvalue weighted by Gasteiger charge is -2.11. The van der Waals surface area contributed by atoms with E-state index >= 15 is 0 Å². The molecule has 0 radical (unpaired) electrons. The number of amides is 1. The van der Waals surface area contributed by atoms with Crippen LogP contribution in [0.2, 0.25) is 0 Å². The maximum atomic E-state index is 11.9. The SMILES string of the molecule is CN(C)CCCNc1ccc(NC(=O)COc2ccccc2)cn1. The molecule has 1 aromatic carbocycles. The third-order valence-electron chi connectivity index (χ3n) is 3.25. The molecule has 0 saturated heterocycles. The molecule has 0 aliphatic rings. The number of hydrogen-bond acceptors (Lipinski definition) is 5. The van der Waals surface area contributed by atoms with Gasteiger partial charge >= 0.3 is 0 Å². The molecule has 6 heteroatoms. The highest BCUT2D eigenvalue weighted by molar-refractivity contribution is 5.91. The molecule has 1 amide bonds. The summed E-state index contributed by atoms with van der Waals surface area (Å²) in [7, 11) is 4.11. The number of pyridine rings is 1. The van der Waals surface area contributed by atoms with E-state index in [1.54, 1.807) is 6.20 Å². The van der Waals surface area contributed by atoms with E-state index in [1.165, 1.54) is 0 Å². The van der Waals surface area contributed by atoms with Crippen LogP contribution in [0.4, 0.5) is 11.5 Å². The molecule has 6 nitrogen and oxygen atoms in total. The molecule has 2 rings (SSSR count). The lowest BCUT2D eigenvalue weighted by molar-refractivity contribution is -0.118. The minimum Gasteiger partial charge on any atom is -0.484 e. The summed E-state index contributed by atoms with van der Waals surface area (Å²) in [4.78, 5) is 18.3. The Hall–Kier alpha value is -2.60. The average molecular weight is 328 g/mol. The quantitative estimate of drug-likeness (QED) is 0.692. The third kappa shape index (κ3) is 6.66. The van der Waals surface area contributed by atoms with Crippen molar-refractivity contribution in [2.24, 2.45) is 0 Å². The number of nitrogens with zero attached hydrogens (tertiary/aromatic N) is 2.